The smallest absolute Gasteiger partial charge is 0.0418 e. The van der Waals surface area contributed by atoms with Crippen molar-refractivity contribution in [2.75, 3.05) is 18.8 Å². The molecule has 0 bridgehead atoms. The van der Waals surface area contributed by atoms with Gasteiger partial charge in [0.1, 0.15) is 0 Å². The number of fused-ring (bicyclic) bond motifs is 1. The maximum Gasteiger partial charge on any atom is 0.0418 e. The third kappa shape index (κ3) is 1.18. The zero-order valence-electron chi connectivity index (χ0n) is 8.30. The number of thioether (sulfide) groups is 1. The number of rotatable bonds is 1. The van der Waals surface area contributed by atoms with E-state index in [1.54, 1.807) is 0 Å². The first kappa shape index (κ1) is 8.60. The Morgan fingerprint density at radius 2 is 1.92 bits per heavy atom. The summed E-state index contributed by atoms with van der Waals surface area (Å²) in [5, 5.41) is 1.01. The second kappa shape index (κ2) is 3.16. The fourth-order valence-corrected chi connectivity index (χ4v) is 5.07. The molecule has 2 aliphatic heterocycles. The molecule has 0 aromatic rings. The molecule has 0 N–H and O–H groups in total. The van der Waals surface area contributed by atoms with Crippen molar-refractivity contribution in [1.29, 1.82) is 0 Å². The van der Waals surface area contributed by atoms with Crippen LogP contribution in [0.3, 0.4) is 0 Å². The van der Waals surface area contributed by atoms with Crippen LogP contribution in [0.15, 0.2) is 0 Å². The Hall–Kier alpha value is 0.310. The fraction of sp³-hybridized carbons (Fsp3) is 1.00. The van der Waals surface area contributed by atoms with Crippen LogP contribution < -0.4 is 0 Å². The number of hydrogen-bond acceptors (Lipinski definition) is 2. The lowest BCUT2D eigenvalue weighted by atomic mass is 9.80. The van der Waals surface area contributed by atoms with E-state index in [2.05, 4.69) is 16.7 Å². The van der Waals surface area contributed by atoms with Gasteiger partial charge in [-0.2, -0.15) is 11.8 Å². The summed E-state index contributed by atoms with van der Waals surface area (Å²) in [6.45, 7) is 2.80. The van der Waals surface area contributed by atoms with E-state index in [0.717, 1.165) is 5.25 Å². The van der Waals surface area contributed by atoms with E-state index in [1.807, 2.05) is 0 Å². The molecule has 1 saturated carbocycles. The summed E-state index contributed by atoms with van der Waals surface area (Å²) in [6, 6.07) is 0. The van der Waals surface area contributed by atoms with E-state index >= 15 is 0 Å². The van der Waals surface area contributed by atoms with Crippen LogP contribution in [0.25, 0.3) is 0 Å². The zero-order valence-corrected chi connectivity index (χ0v) is 9.11. The van der Waals surface area contributed by atoms with Gasteiger partial charge in [-0.1, -0.05) is 12.8 Å². The molecule has 0 amide bonds. The molecule has 2 heteroatoms. The topological polar surface area (TPSA) is 3.24 Å². The van der Waals surface area contributed by atoms with Gasteiger partial charge in [0.05, 0.1) is 0 Å². The molecule has 3 rings (SSSR count). The van der Waals surface area contributed by atoms with Crippen molar-refractivity contribution >= 4 is 11.8 Å². The van der Waals surface area contributed by atoms with Gasteiger partial charge >= 0.3 is 0 Å². The third-order valence-electron chi connectivity index (χ3n) is 4.20. The summed E-state index contributed by atoms with van der Waals surface area (Å²) < 4.78 is 0. The minimum atomic E-state index is 0.694. The van der Waals surface area contributed by atoms with Gasteiger partial charge in [0.15, 0.2) is 0 Å². The second-order valence-corrected chi connectivity index (χ2v) is 6.03. The first-order valence-electron chi connectivity index (χ1n) is 5.78. The molecule has 0 aromatic heterocycles. The molecule has 0 aromatic carbocycles. The monoisotopic (exact) mass is 197 g/mol. The summed E-state index contributed by atoms with van der Waals surface area (Å²) in [4.78, 5) is 2.83. The second-order valence-electron chi connectivity index (χ2n) is 4.84. The Kier molecular flexibility index (Phi) is 2.09. The summed E-state index contributed by atoms with van der Waals surface area (Å²) in [6.07, 6.45) is 8.91. The van der Waals surface area contributed by atoms with Gasteiger partial charge < -0.3 is 0 Å². The van der Waals surface area contributed by atoms with Gasteiger partial charge in [0, 0.05) is 16.5 Å². The Bertz CT molecular complexity index is 200. The predicted octanol–water partition coefficient (Wildman–Crippen LogP) is 2.51. The lowest BCUT2D eigenvalue weighted by Gasteiger charge is -2.57. The maximum absolute atomic E-state index is 2.83. The van der Waals surface area contributed by atoms with Crippen molar-refractivity contribution in [3.63, 3.8) is 0 Å². The van der Waals surface area contributed by atoms with Crippen LogP contribution in [0.4, 0.5) is 0 Å². The van der Waals surface area contributed by atoms with Crippen LogP contribution in [-0.4, -0.2) is 34.5 Å². The predicted molar refractivity (Wildman–Crippen MR) is 58.3 cm³/mol. The summed E-state index contributed by atoms with van der Waals surface area (Å²) >= 11 is 2.23. The Morgan fingerprint density at radius 1 is 1.08 bits per heavy atom. The highest BCUT2D eigenvalue weighted by Crippen LogP contribution is 2.51. The molecule has 0 radical (unpaired) electrons. The molecule has 1 nitrogen and oxygen atoms in total. The van der Waals surface area contributed by atoms with Gasteiger partial charge in [-0.3, -0.25) is 4.90 Å². The van der Waals surface area contributed by atoms with Gasteiger partial charge in [0.25, 0.3) is 0 Å². The van der Waals surface area contributed by atoms with Gasteiger partial charge in [0.2, 0.25) is 0 Å². The minimum absolute atomic E-state index is 0.694. The highest BCUT2D eigenvalue weighted by Gasteiger charge is 2.52. The maximum atomic E-state index is 2.83. The van der Waals surface area contributed by atoms with Crippen molar-refractivity contribution in [2.24, 2.45) is 0 Å². The highest BCUT2D eigenvalue weighted by molar-refractivity contribution is 8.01. The number of nitrogens with zero attached hydrogens (tertiary/aromatic N) is 1. The molecule has 2 heterocycles. The molecule has 0 spiro atoms. The first-order chi connectivity index (χ1) is 6.42. The van der Waals surface area contributed by atoms with Crippen molar-refractivity contribution < 1.29 is 0 Å². The van der Waals surface area contributed by atoms with Crippen molar-refractivity contribution in [3.05, 3.63) is 0 Å². The molecule has 1 aliphatic carbocycles. The summed E-state index contributed by atoms with van der Waals surface area (Å²) in [7, 11) is 0. The average Bonchev–Trinajstić information content (AvgIpc) is 2.60. The zero-order chi connectivity index (χ0) is 8.73. The van der Waals surface area contributed by atoms with Gasteiger partial charge in [-0.25, -0.2) is 0 Å². The van der Waals surface area contributed by atoms with E-state index in [0.29, 0.717) is 5.54 Å². The molecule has 13 heavy (non-hydrogen) atoms. The van der Waals surface area contributed by atoms with E-state index < -0.39 is 0 Å². The molecule has 3 fully saturated rings. The molecular weight excluding hydrogens is 178 g/mol. The van der Waals surface area contributed by atoms with Crippen LogP contribution in [0.1, 0.15) is 38.5 Å². The Labute approximate surface area is 85.3 Å². The molecule has 2 saturated heterocycles. The summed E-state index contributed by atoms with van der Waals surface area (Å²) in [5.74, 6) is 1.44. The van der Waals surface area contributed by atoms with Crippen molar-refractivity contribution in [3.8, 4) is 0 Å². The van der Waals surface area contributed by atoms with E-state index in [1.165, 1.54) is 57.4 Å². The average molecular weight is 197 g/mol. The van der Waals surface area contributed by atoms with E-state index in [-0.39, 0.29) is 0 Å². The van der Waals surface area contributed by atoms with Gasteiger partial charge in [-0.15, -0.1) is 0 Å². The third-order valence-corrected chi connectivity index (χ3v) is 5.94. The molecule has 2 atom stereocenters. The van der Waals surface area contributed by atoms with Crippen LogP contribution in [0.5, 0.6) is 0 Å². The quantitative estimate of drug-likeness (QED) is 0.635. The summed E-state index contributed by atoms with van der Waals surface area (Å²) in [5.41, 5.74) is 0.694. The van der Waals surface area contributed by atoms with Crippen LogP contribution in [0, 0.1) is 0 Å². The van der Waals surface area contributed by atoms with Crippen molar-refractivity contribution in [2.45, 2.75) is 49.3 Å². The first-order valence-corrected chi connectivity index (χ1v) is 6.83. The molecular formula is C11H19NS. The number of likely N-dealkylation sites (tertiary alicyclic amines) is 1. The molecule has 2 unspecified atom stereocenters. The lowest BCUT2D eigenvalue weighted by molar-refractivity contribution is 0.0880. The largest absolute Gasteiger partial charge is 0.296 e. The van der Waals surface area contributed by atoms with E-state index in [4.69, 9.17) is 0 Å². The normalized spacial score (nSPS) is 45.7. The van der Waals surface area contributed by atoms with E-state index in [9.17, 15) is 0 Å². The molecule has 74 valence electrons. The SMILES string of the molecule is C1CCC2(N3CCCC3)CSC2C1. The Balaban J connectivity index is 1.77. The minimum Gasteiger partial charge on any atom is -0.296 e. The van der Waals surface area contributed by atoms with Crippen molar-refractivity contribution in [1.82, 2.24) is 4.90 Å². The highest BCUT2D eigenvalue weighted by atomic mass is 32.2. The van der Waals surface area contributed by atoms with Crippen LogP contribution in [0.2, 0.25) is 0 Å². The standard InChI is InChI=1S/C11H19NS/c1-2-6-11(9-13-10(11)5-1)12-7-3-4-8-12/h10H,1-9H2. The molecule has 3 aliphatic rings. The van der Waals surface area contributed by atoms with Gasteiger partial charge in [-0.05, 0) is 38.8 Å². The van der Waals surface area contributed by atoms with Crippen LogP contribution >= 0.6 is 11.8 Å². The lowest BCUT2D eigenvalue weighted by Crippen LogP contribution is -2.64. The van der Waals surface area contributed by atoms with Crippen LogP contribution in [-0.2, 0) is 0 Å². The number of hydrogen-bond donors (Lipinski definition) is 0. The Morgan fingerprint density at radius 3 is 2.54 bits per heavy atom. The fourth-order valence-electron chi connectivity index (χ4n) is 3.36.